The SMILES string of the molecule is C[C@]12CC=C3C=C4C[C@@H](O)[C@@H](N5CC(N)C5)C[C@]45CCC3(O5)[C@@H]1C[C@@H](O)C2c1ccc2ccncc2c1. The minimum absolute atomic E-state index is 0.0586. The van der Waals surface area contributed by atoms with Gasteiger partial charge in [0.2, 0.25) is 0 Å². The lowest BCUT2D eigenvalue weighted by molar-refractivity contribution is -0.155. The van der Waals surface area contributed by atoms with Crippen molar-refractivity contribution in [1.29, 1.82) is 0 Å². The Bertz CT molecular complexity index is 1350. The van der Waals surface area contributed by atoms with Crippen LogP contribution in [0.5, 0.6) is 0 Å². The van der Waals surface area contributed by atoms with Gasteiger partial charge in [0.15, 0.2) is 0 Å². The molecule has 6 heteroatoms. The maximum Gasteiger partial charge on any atom is 0.0975 e. The van der Waals surface area contributed by atoms with Crippen molar-refractivity contribution in [2.75, 3.05) is 13.1 Å². The van der Waals surface area contributed by atoms with E-state index in [0.29, 0.717) is 6.42 Å². The molecule has 2 bridgehead atoms. The van der Waals surface area contributed by atoms with Crippen LogP contribution in [0.2, 0.25) is 0 Å². The van der Waals surface area contributed by atoms with Crippen molar-refractivity contribution in [3.8, 4) is 0 Å². The minimum Gasteiger partial charge on any atom is -0.392 e. The quantitative estimate of drug-likeness (QED) is 0.587. The molecule has 1 aromatic heterocycles. The van der Waals surface area contributed by atoms with E-state index in [1.807, 2.05) is 18.5 Å². The van der Waals surface area contributed by atoms with Crippen molar-refractivity contribution in [2.24, 2.45) is 17.1 Å². The number of allylic oxidation sites excluding steroid dienone is 1. The maximum atomic E-state index is 11.6. The first-order valence-corrected chi connectivity index (χ1v) is 14.1. The molecule has 4 heterocycles. The van der Waals surface area contributed by atoms with Gasteiger partial charge in [-0.25, -0.2) is 0 Å². The second-order valence-corrected chi connectivity index (χ2v) is 13.1. The summed E-state index contributed by atoms with van der Waals surface area (Å²) in [6, 6.07) is 9.00. The molecule has 1 aromatic carbocycles. The highest BCUT2D eigenvalue weighted by molar-refractivity contribution is 5.82. The Morgan fingerprint density at radius 1 is 1.11 bits per heavy atom. The number of pyridine rings is 1. The summed E-state index contributed by atoms with van der Waals surface area (Å²) in [5.74, 6) is 0.313. The van der Waals surface area contributed by atoms with Crippen molar-refractivity contribution in [3.63, 3.8) is 0 Å². The average Bonchev–Trinajstić information content (AvgIpc) is 3.33. The van der Waals surface area contributed by atoms with Gasteiger partial charge in [0, 0.05) is 54.8 Å². The van der Waals surface area contributed by atoms with E-state index < -0.39 is 6.10 Å². The van der Waals surface area contributed by atoms with Crippen molar-refractivity contribution < 1.29 is 14.9 Å². The Morgan fingerprint density at radius 3 is 2.81 bits per heavy atom. The predicted octanol–water partition coefficient (Wildman–Crippen LogP) is 3.43. The molecule has 2 saturated carbocycles. The molecule has 2 saturated heterocycles. The minimum atomic E-state index is -0.403. The van der Waals surface area contributed by atoms with Gasteiger partial charge in [0.05, 0.1) is 23.4 Å². The molecule has 8 atom stereocenters. The number of benzene rings is 1. The van der Waals surface area contributed by atoms with E-state index in [1.165, 1.54) is 22.1 Å². The van der Waals surface area contributed by atoms with Gasteiger partial charge in [-0.2, -0.15) is 0 Å². The zero-order valence-electron chi connectivity index (χ0n) is 21.5. The van der Waals surface area contributed by atoms with Crippen molar-refractivity contribution in [3.05, 3.63) is 65.5 Å². The van der Waals surface area contributed by atoms with Crippen LogP contribution in [0.3, 0.4) is 0 Å². The first-order valence-electron chi connectivity index (χ1n) is 14.1. The molecular weight excluding hydrogens is 462 g/mol. The van der Waals surface area contributed by atoms with Crippen molar-refractivity contribution in [2.45, 2.75) is 86.9 Å². The number of fused-ring (bicyclic) bond motifs is 2. The highest BCUT2D eigenvalue weighted by atomic mass is 16.5. The molecule has 4 N–H and O–H groups in total. The first kappa shape index (κ1) is 22.9. The van der Waals surface area contributed by atoms with Gasteiger partial charge in [-0.1, -0.05) is 31.2 Å². The average molecular weight is 500 g/mol. The molecule has 0 radical (unpaired) electrons. The van der Waals surface area contributed by atoms with Crippen LogP contribution in [-0.4, -0.2) is 68.7 Å². The van der Waals surface area contributed by atoms with E-state index in [0.717, 1.165) is 50.6 Å². The van der Waals surface area contributed by atoms with Crippen molar-refractivity contribution in [1.82, 2.24) is 9.88 Å². The van der Waals surface area contributed by atoms with Gasteiger partial charge < -0.3 is 20.7 Å². The summed E-state index contributed by atoms with van der Waals surface area (Å²) in [6.07, 6.45) is 13.0. The topological polar surface area (TPSA) is 91.8 Å². The van der Waals surface area contributed by atoms with Crippen LogP contribution in [0.15, 0.2) is 60.0 Å². The van der Waals surface area contributed by atoms with E-state index in [-0.39, 0.29) is 46.6 Å². The molecule has 2 spiro atoms. The maximum absolute atomic E-state index is 11.6. The van der Waals surface area contributed by atoms with Gasteiger partial charge in [-0.15, -0.1) is 0 Å². The lowest BCUT2D eigenvalue weighted by Crippen LogP contribution is -2.65. The van der Waals surface area contributed by atoms with Gasteiger partial charge in [-0.05, 0) is 78.2 Å². The molecule has 3 aliphatic carbocycles. The van der Waals surface area contributed by atoms with E-state index in [2.05, 4.69) is 47.2 Å². The highest BCUT2D eigenvalue weighted by Gasteiger charge is 2.68. The lowest BCUT2D eigenvalue weighted by Gasteiger charge is -2.56. The highest BCUT2D eigenvalue weighted by Crippen LogP contribution is 2.69. The van der Waals surface area contributed by atoms with Crippen LogP contribution in [0.1, 0.15) is 56.9 Å². The molecule has 37 heavy (non-hydrogen) atoms. The number of ether oxygens (including phenoxy) is 1. The van der Waals surface area contributed by atoms with E-state index in [9.17, 15) is 10.2 Å². The summed E-state index contributed by atoms with van der Waals surface area (Å²) in [7, 11) is 0. The Morgan fingerprint density at radius 2 is 1.97 bits per heavy atom. The summed E-state index contributed by atoms with van der Waals surface area (Å²) < 4.78 is 7.36. The standard InChI is InChI=1S/C31H37N3O3/c1-29-6-4-21-11-22-12-25(35)24(34-16-23(32)17-34)14-30(22)7-8-31(21,37-30)27(29)13-26(36)28(29)19-3-2-18-5-9-33-15-20(18)10-19/h2-5,9-11,15,23-28,35-36H,6-8,12-14,16-17,32H2,1H3/t24-,25+,26+,27+,28?,29-,30+,31?/m0/s1. The molecule has 0 amide bonds. The Hall–Kier alpha value is -2.09. The summed E-state index contributed by atoms with van der Waals surface area (Å²) in [5.41, 5.74) is 9.15. The summed E-state index contributed by atoms with van der Waals surface area (Å²) in [6.45, 7) is 4.11. The Balaban J connectivity index is 1.17. The molecule has 4 fully saturated rings. The molecular formula is C31H37N3O3. The fourth-order valence-electron chi connectivity index (χ4n) is 9.46. The number of nitrogens with two attached hydrogens (primary N) is 1. The Labute approximate surface area is 218 Å². The summed E-state index contributed by atoms with van der Waals surface area (Å²) in [5, 5.41) is 25.0. The van der Waals surface area contributed by atoms with Crippen LogP contribution in [-0.2, 0) is 4.74 Å². The van der Waals surface area contributed by atoms with Crippen LogP contribution >= 0.6 is 0 Å². The van der Waals surface area contributed by atoms with E-state index in [1.54, 1.807) is 0 Å². The monoisotopic (exact) mass is 499 g/mol. The second kappa shape index (κ2) is 7.51. The first-order chi connectivity index (χ1) is 17.8. The molecule has 2 aromatic rings. The molecule has 194 valence electrons. The molecule has 6 nitrogen and oxygen atoms in total. The van der Waals surface area contributed by atoms with Gasteiger partial charge in [0.25, 0.3) is 0 Å². The second-order valence-electron chi connectivity index (χ2n) is 13.1. The number of hydrogen-bond acceptors (Lipinski definition) is 6. The smallest absolute Gasteiger partial charge is 0.0975 e. The third-order valence-electron chi connectivity index (χ3n) is 11.2. The van der Waals surface area contributed by atoms with Gasteiger partial charge in [0.1, 0.15) is 0 Å². The van der Waals surface area contributed by atoms with Crippen LogP contribution in [0.4, 0.5) is 0 Å². The van der Waals surface area contributed by atoms with Crippen LogP contribution in [0.25, 0.3) is 10.8 Å². The molecule has 2 unspecified atom stereocenters. The fourth-order valence-corrected chi connectivity index (χ4v) is 9.46. The number of likely N-dealkylation sites (tertiary alicyclic amines) is 1. The number of nitrogens with zero attached hydrogens (tertiary/aromatic N) is 2. The third kappa shape index (κ3) is 2.97. The van der Waals surface area contributed by atoms with E-state index >= 15 is 0 Å². The van der Waals surface area contributed by atoms with Crippen molar-refractivity contribution >= 4 is 10.8 Å². The lowest BCUT2D eigenvalue weighted by atomic mass is 9.58. The normalized spacial score (nSPS) is 45.0. The third-order valence-corrected chi connectivity index (χ3v) is 11.2. The number of rotatable bonds is 2. The zero-order chi connectivity index (χ0) is 25.2. The largest absolute Gasteiger partial charge is 0.392 e. The molecule has 6 aliphatic rings. The summed E-state index contributed by atoms with van der Waals surface area (Å²) >= 11 is 0. The van der Waals surface area contributed by atoms with E-state index in [4.69, 9.17) is 10.5 Å². The number of aliphatic hydroxyl groups is 2. The number of hydrogen-bond donors (Lipinski definition) is 3. The summed E-state index contributed by atoms with van der Waals surface area (Å²) in [4.78, 5) is 6.69. The number of aliphatic hydroxyl groups excluding tert-OH is 2. The number of aromatic nitrogens is 1. The zero-order valence-corrected chi connectivity index (χ0v) is 21.5. The van der Waals surface area contributed by atoms with Gasteiger partial charge >= 0.3 is 0 Å². The van der Waals surface area contributed by atoms with Crippen LogP contribution < -0.4 is 5.73 Å². The fraction of sp³-hybridized carbons (Fsp3) is 0.581. The molecule has 3 aliphatic heterocycles. The predicted molar refractivity (Wildman–Crippen MR) is 142 cm³/mol. The molecule has 8 rings (SSSR count). The Kier molecular flexibility index (Phi) is 4.64. The van der Waals surface area contributed by atoms with Gasteiger partial charge in [-0.3, -0.25) is 9.88 Å². The van der Waals surface area contributed by atoms with Crippen LogP contribution in [0, 0.1) is 11.3 Å².